The molecule has 2 amide bonds. The molecule has 112 valence electrons. The van der Waals surface area contributed by atoms with Gasteiger partial charge in [-0.2, -0.15) is 0 Å². The Kier molecular flexibility index (Phi) is 4.57. The first kappa shape index (κ1) is 15.0. The maximum absolute atomic E-state index is 12.6. The summed E-state index contributed by atoms with van der Waals surface area (Å²) in [6, 6.07) is 7.65. The van der Waals surface area contributed by atoms with Gasteiger partial charge in [-0.05, 0) is 30.4 Å². The highest BCUT2D eigenvalue weighted by Gasteiger charge is 2.31. The summed E-state index contributed by atoms with van der Waals surface area (Å²) in [4.78, 5) is 35.5. The van der Waals surface area contributed by atoms with Crippen molar-refractivity contribution in [3.63, 3.8) is 0 Å². The Hall–Kier alpha value is -2.37. The van der Waals surface area contributed by atoms with E-state index in [0.717, 1.165) is 28.9 Å². The summed E-state index contributed by atoms with van der Waals surface area (Å²) < 4.78 is 0. The van der Waals surface area contributed by atoms with Crippen molar-refractivity contribution in [3.05, 3.63) is 35.4 Å². The molecule has 1 aliphatic carbocycles. The third-order valence-electron chi connectivity index (χ3n) is 3.65. The molecule has 6 nitrogen and oxygen atoms in total. The summed E-state index contributed by atoms with van der Waals surface area (Å²) in [6.07, 6.45) is 2.43. The SMILES string of the molecule is NC(=O)CN(CC(=O)O)C(=O)C1CCCc2ccccc21. The van der Waals surface area contributed by atoms with Crippen LogP contribution >= 0.6 is 0 Å². The first-order chi connectivity index (χ1) is 9.99. The Labute approximate surface area is 122 Å². The number of fused-ring (bicyclic) bond motifs is 1. The smallest absolute Gasteiger partial charge is 0.323 e. The van der Waals surface area contributed by atoms with Crippen LogP contribution in [0.3, 0.4) is 0 Å². The fourth-order valence-corrected chi connectivity index (χ4v) is 2.79. The van der Waals surface area contributed by atoms with E-state index < -0.39 is 24.3 Å². The van der Waals surface area contributed by atoms with Crippen LogP contribution in [-0.4, -0.2) is 40.9 Å². The average Bonchev–Trinajstić information content (AvgIpc) is 2.44. The molecule has 0 heterocycles. The van der Waals surface area contributed by atoms with Crippen molar-refractivity contribution in [2.75, 3.05) is 13.1 Å². The number of hydrogen-bond acceptors (Lipinski definition) is 3. The lowest BCUT2D eigenvalue weighted by Crippen LogP contribution is -2.44. The lowest BCUT2D eigenvalue weighted by Gasteiger charge is -2.29. The van der Waals surface area contributed by atoms with Crippen LogP contribution in [0.1, 0.15) is 29.9 Å². The Morgan fingerprint density at radius 1 is 1.24 bits per heavy atom. The number of amides is 2. The summed E-state index contributed by atoms with van der Waals surface area (Å²) in [6.45, 7) is -0.885. The number of nitrogens with two attached hydrogens (primary N) is 1. The van der Waals surface area contributed by atoms with Gasteiger partial charge in [0.1, 0.15) is 6.54 Å². The molecule has 6 heteroatoms. The number of primary amides is 1. The second-order valence-electron chi connectivity index (χ2n) is 5.20. The average molecular weight is 290 g/mol. The minimum Gasteiger partial charge on any atom is -0.480 e. The Morgan fingerprint density at radius 2 is 1.95 bits per heavy atom. The molecule has 0 bridgehead atoms. The summed E-state index contributed by atoms with van der Waals surface area (Å²) in [7, 11) is 0. The second kappa shape index (κ2) is 6.39. The van der Waals surface area contributed by atoms with Gasteiger partial charge in [-0.15, -0.1) is 0 Å². The monoisotopic (exact) mass is 290 g/mol. The van der Waals surface area contributed by atoms with Crippen LogP contribution in [0.15, 0.2) is 24.3 Å². The van der Waals surface area contributed by atoms with Crippen molar-refractivity contribution in [2.45, 2.75) is 25.2 Å². The molecule has 0 aromatic heterocycles. The molecule has 1 atom stereocenters. The van der Waals surface area contributed by atoms with Crippen molar-refractivity contribution in [3.8, 4) is 0 Å². The van der Waals surface area contributed by atoms with Crippen molar-refractivity contribution in [1.29, 1.82) is 0 Å². The van der Waals surface area contributed by atoms with Gasteiger partial charge < -0.3 is 15.7 Å². The number of aliphatic carboxylic acids is 1. The van der Waals surface area contributed by atoms with E-state index in [2.05, 4.69) is 0 Å². The molecule has 1 aliphatic rings. The number of benzene rings is 1. The molecule has 0 spiro atoms. The summed E-state index contributed by atoms with van der Waals surface area (Å²) in [5.41, 5.74) is 7.14. The van der Waals surface area contributed by atoms with Crippen molar-refractivity contribution < 1.29 is 19.5 Å². The van der Waals surface area contributed by atoms with Crippen LogP contribution in [0.4, 0.5) is 0 Å². The van der Waals surface area contributed by atoms with Crippen LogP contribution in [0, 0.1) is 0 Å². The molecule has 3 N–H and O–H groups in total. The molecule has 1 aromatic carbocycles. The third-order valence-corrected chi connectivity index (χ3v) is 3.65. The largest absolute Gasteiger partial charge is 0.480 e. The minimum absolute atomic E-state index is 0.344. The predicted octanol–water partition coefficient (Wildman–Crippen LogP) is 0.505. The Balaban J connectivity index is 2.25. The molecule has 0 saturated heterocycles. The van der Waals surface area contributed by atoms with E-state index in [0.29, 0.717) is 6.42 Å². The molecule has 0 saturated carbocycles. The number of carbonyl (C=O) groups excluding carboxylic acids is 2. The van der Waals surface area contributed by atoms with Crippen LogP contribution in [0.25, 0.3) is 0 Å². The molecular weight excluding hydrogens is 272 g/mol. The van der Waals surface area contributed by atoms with Gasteiger partial charge in [-0.25, -0.2) is 0 Å². The first-order valence-corrected chi connectivity index (χ1v) is 6.85. The Bertz CT molecular complexity index is 555. The molecule has 0 fully saturated rings. The van der Waals surface area contributed by atoms with E-state index >= 15 is 0 Å². The molecule has 0 aliphatic heterocycles. The van der Waals surface area contributed by atoms with E-state index in [1.54, 1.807) is 0 Å². The third kappa shape index (κ3) is 3.59. The molecule has 2 rings (SSSR count). The summed E-state index contributed by atoms with van der Waals surface area (Å²) in [5.74, 6) is -2.61. The zero-order valence-corrected chi connectivity index (χ0v) is 11.6. The second-order valence-corrected chi connectivity index (χ2v) is 5.20. The van der Waals surface area contributed by atoms with Crippen LogP contribution in [0.2, 0.25) is 0 Å². The van der Waals surface area contributed by atoms with Gasteiger partial charge in [-0.1, -0.05) is 24.3 Å². The van der Waals surface area contributed by atoms with E-state index in [4.69, 9.17) is 10.8 Å². The van der Waals surface area contributed by atoms with Gasteiger partial charge in [-0.3, -0.25) is 14.4 Å². The van der Waals surface area contributed by atoms with E-state index in [1.807, 2.05) is 24.3 Å². The fraction of sp³-hybridized carbons (Fsp3) is 0.400. The van der Waals surface area contributed by atoms with Crippen LogP contribution in [-0.2, 0) is 20.8 Å². The van der Waals surface area contributed by atoms with Crippen LogP contribution in [0.5, 0.6) is 0 Å². The summed E-state index contributed by atoms with van der Waals surface area (Å²) in [5, 5.41) is 8.89. The number of rotatable bonds is 5. The topological polar surface area (TPSA) is 101 Å². The number of carboxylic acid groups (broad SMARTS) is 1. The quantitative estimate of drug-likeness (QED) is 0.824. The van der Waals surface area contributed by atoms with Gasteiger partial charge >= 0.3 is 5.97 Å². The van der Waals surface area contributed by atoms with Gasteiger partial charge in [0, 0.05) is 0 Å². The number of carbonyl (C=O) groups is 3. The first-order valence-electron chi connectivity index (χ1n) is 6.85. The highest BCUT2D eigenvalue weighted by molar-refractivity contribution is 5.90. The van der Waals surface area contributed by atoms with E-state index in [9.17, 15) is 14.4 Å². The van der Waals surface area contributed by atoms with Gasteiger partial charge in [0.15, 0.2) is 0 Å². The number of nitrogens with zero attached hydrogens (tertiary/aromatic N) is 1. The van der Waals surface area contributed by atoms with Crippen molar-refractivity contribution in [1.82, 2.24) is 4.90 Å². The molecule has 0 radical (unpaired) electrons. The minimum atomic E-state index is -1.16. The molecule has 1 unspecified atom stereocenters. The zero-order chi connectivity index (χ0) is 15.4. The highest BCUT2D eigenvalue weighted by Crippen LogP contribution is 2.32. The molecular formula is C15H18N2O4. The summed E-state index contributed by atoms with van der Waals surface area (Å²) >= 11 is 0. The van der Waals surface area contributed by atoms with Crippen LogP contribution < -0.4 is 5.73 Å². The lowest BCUT2D eigenvalue weighted by molar-refractivity contribution is -0.146. The number of carboxylic acids is 1. The molecule has 21 heavy (non-hydrogen) atoms. The number of aryl methyl sites for hydroxylation is 1. The standard InChI is InChI=1S/C15H18N2O4/c16-13(18)8-17(9-14(19)20)15(21)12-7-3-5-10-4-1-2-6-11(10)12/h1-2,4,6,12H,3,5,7-9H2,(H2,16,18)(H,19,20). The van der Waals surface area contributed by atoms with Crippen molar-refractivity contribution >= 4 is 17.8 Å². The lowest BCUT2D eigenvalue weighted by atomic mass is 9.82. The number of hydrogen-bond donors (Lipinski definition) is 2. The van der Waals surface area contributed by atoms with Gasteiger partial charge in [0.25, 0.3) is 0 Å². The maximum Gasteiger partial charge on any atom is 0.323 e. The van der Waals surface area contributed by atoms with E-state index in [-0.39, 0.29) is 12.5 Å². The Morgan fingerprint density at radius 3 is 2.62 bits per heavy atom. The van der Waals surface area contributed by atoms with Gasteiger partial charge in [0.2, 0.25) is 11.8 Å². The predicted molar refractivity (Wildman–Crippen MR) is 75.5 cm³/mol. The van der Waals surface area contributed by atoms with Crippen molar-refractivity contribution in [2.24, 2.45) is 5.73 Å². The van der Waals surface area contributed by atoms with E-state index in [1.165, 1.54) is 0 Å². The zero-order valence-electron chi connectivity index (χ0n) is 11.6. The normalized spacial score (nSPS) is 16.9. The maximum atomic E-state index is 12.6. The molecule has 1 aromatic rings. The van der Waals surface area contributed by atoms with Gasteiger partial charge in [0.05, 0.1) is 12.5 Å². The fourth-order valence-electron chi connectivity index (χ4n) is 2.79. The highest BCUT2D eigenvalue weighted by atomic mass is 16.4.